The molecule has 8 aromatic carbocycles. The molecule has 246 valence electrons. The zero-order valence-electron chi connectivity index (χ0n) is 28.9. The molecular weight excluding hydrogens is 657 g/mol. The van der Waals surface area contributed by atoms with Gasteiger partial charge in [0.25, 0.3) is 0 Å². The highest BCUT2D eigenvalue weighted by atomic mass is 28.2. The number of nitrogens with zero attached hydrogens (tertiary/aromatic N) is 2. The third kappa shape index (κ3) is 4.64. The Balaban J connectivity index is 1.09. The highest BCUT2D eigenvalue weighted by Gasteiger charge is 2.24. The number of aromatic nitrogens is 2. The van der Waals surface area contributed by atoms with Gasteiger partial charge >= 0.3 is 0 Å². The molecule has 53 heavy (non-hydrogen) atoms. The Labute approximate surface area is 309 Å². The summed E-state index contributed by atoms with van der Waals surface area (Å²) in [7, 11) is -0.674. The maximum atomic E-state index is 4.49. The number of benzene rings is 8. The van der Waals surface area contributed by atoms with Crippen molar-refractivity contribution in [1.82, 2.24) is 9.97 Å². The molecule has 0 saturated heterocycles. The molecule has 0 bridgehead atoms. The van der Waals surface area contributed by atoms with Crippen LogP contribution < -0.4 is 10.4 Å². The van der Waals surface area contributed by atoms with Gasteiger partial charge in [-0.05, 0) is 106 Å². The van der Waals surface area contributed by atoms with Gasteiger partial charge in [0.2, 0.25) is 0 Å². The molecule has 2 aromatic heterocycles. The molecule has 0 spiro atoms. The Morgan fingerprint density at radius 2 is 0.698 bits per heavy atom. The van der Waals surface area contributed by atoms with Crippen LogP contribution in [0.5, 0.6) is 0 Å². The second-order valence-corrected chi connectivity index (χ2v) is 16.0. The minimum Gasteiger partial charge on any atom is -0.264 e. The van der Waals surface area contributed by atoms with Crippen molar-refractivity contribution in [3.8, 4) is 55.6 Å². The molecule has 3 heterocycles. The van der Waals surface area contributed by atoms with E-state index >= 15 is 0 Å². The van der Waals surface area contributed by atoms with Crippen LogP contribution in [0.1, 0.15) is 0 Å². The van der Waals surface area contributed by atoms with Crippen molar-refractivity contribution in [3.63, 3.8) is 0 Å². The molecule has 0 aliphatic carbocycles. The van der Waals surface area contributed by atoms with Crippen LogP contribution in [-0.4, -0.2) is 19.5 Å². The maximum absolute atomic E-state index is 4.49. The van der Waals surface area contributed by atoms with Gasteiger partial charge < -0.3 is 0 Å². The molecule has 0 radical (unpaired) electrons. The Kier molecular flexibility index (Phi) is 6.76. The van der Waals surface area contributed by atoms with Gasteiger partial charge in [0.15, 0.2) is 0 Å². The molecule has 10 aromatic rings. The van der Waals surface area contributed by atoms with E-state index in [0.29, 0.717) is 0 Å². The van der Waals surface area contributed by atoms with Gasteiger partial charge in [-0.15, -0.1) is 0 Å². The van der Waals surface area contributed by atoms with Gasteiger partial charge in [0.1, 0.15) is 0 Å². The summed E-state index contributed by atoms with van der Waals surface area (Å²) in [4.78, 5) is 8.98. The van der Waals surface area contributed by atoms with E-state index in [9.17, 15) is 0 Å². The predicted octanol–water partition coefficient (Wildman–Crippen LogP) is 10.9. The zero-order chi connectivity index (χ0) is 34.9. The van der Waals surface area contributed by atoms with E-state index in [1.54, 1.807) is 0 Å². The lowest BCUT2D eigenvalue weighted by Crippen LogP contribution is -2.20. The van der Waals surface area contributed by atoms with Crippen LogP contribution in [0, 0.1) is 0 Å². The second-order valence-electron chi connectivity index (χ2n) is 14.1. The van der Waals surface area contributed by atoms with Crippen LogP contribution in [0.4, 0.5) is 0 Å². The smallest absolute Gasteiger partial charge is 0.0891 e. The Morgan fingerprint density at radius 3 is 1.11 bits per heavy atom. The molecule has 0 saturated carbocycles. The summed E-state index contributed by atoms with van der Waals surface area (Å²) in [5.74, 6) is 0. The predicted molar refractivity (Wildman–Crippen MR) is 227 cm³/mol. The van der Waals surface area contributed by atoms with Crippen molar-refractivity contribution in [2.45, 2.75) is 0 Å². The molecule has 0 unspecified atom stereocenters. The lowest BCUT2D eigenvalue weighted by Gasteiger charge is -2.18. The molecule has 3 heteroatoms. The van der Waals surface area contributed by atoms with Gasteiger partial charge in [-0.1, -0.05) is 150 Å². The topological polar surface area (TPSA) is 25.8 Å². The first-order valence-electron chi connectivity index (χ1n) is 18.3. The number of hydrogen-bond acceptors (Lipinski definition) is 2. The van der Waals surface area contributed by atoms with Crippen LogP contribution in [0.2, 0.25) is 0 Å². The largest absolute Gasteiger partial charge is 0.264 e. The molecule has 2 nitrogen and oxygen atoms in total. The molecule has 1 aliphatic heterocycles. The van der Waals surface area contributed by atoms with E-state index in [2.05, 4.69) is 156 Å². The number of pyridine rings is 2. The van der Waals surface area contributed by atoms with Crippen molar-refractivity contribution < 1.29 is 0 Å². The van der Waals surface area contributed by atoms with Crippen LogP contribution in [0.25, 0.3) is 98.7 Å². The van der Waals surface area contributed by atoms with Gasteiger partial charge in [-0.3, -0.25) is 9.97 Å². The van der Waals surface area contributed by atoms with Crippen molar-refractivity contribution in [3.05, 3.63) is 183 Å². The van der Waals surface area contributed by atoms with Crippen LogP contribution in [0.15, 0.2) is 183 Å². The van der Waals surface area contributed by atoms with Gasteiger partial charge in [0.05, 0.1) is 9.52 Å². The van der Waals surface area contributed by atoms with Crippen molar-refractivity contribution in [1.29, 1.82) is 0 Å². The first kappa shape index (κ1) is 30.0. The quantitative estimate of drug-likeness (QED) is 0.136. The van der Waals surface area contributed by atoms with E-state index in [0.717, 1.165) is 11.1 Å². The minimum atomic E-state index is -0.674. The molecule has 0 amide bonds. The molecule has 0 fully saturated rings. The fourth-order valence-corrected chi connectivity index (χ4v) is 11.0. The number of rotatable bonds is 4. The number of fused-ring (bicyclic) bond motifs is 7. The third-order valence-electron chi connectivity index (χ3n) is 11.2. The lowest BCUT2D eigenvalue weighted by atomic mass is 9.85. The van der Waals surface area contributed by atoms with E-state index in [1.165, 1.54) is 98.0 Å². The molecule has 1 aliphatic rings. The van der Waals surface area contributed by atoms with Crippen LogP contribution in [0.3, 0.4) is 0 Å². The van der Waals surface area contributed by atoms with Gasteiger partial charge in [-0.25, -0.2) is 0 Å². The summed E-state index contributed by atoms with van der Waals surface area (Å²) in [5, 5.41) is 13.1. The highest BCUT2D eigenvalue weighted by Crippen LogP contribution is 2.46. The summed E-state index contributed by atoms with van der Waals surface area (Å²) in [6.45, 7) is 0. The third-order valence-corrected chi connectivity index (χ3v) is 13.2. The molecular formula is C50H32N2Si. The summed E-state index contributed by atoms with van der Waals surface area (Å²) < 4.78 is 0. The Hall–Kier alpha value is -6.68. The lowest BCUT2D eigenvalue weighted by molar-refractivity contribution is 1.33. The van der Waals surface area contributed by atoms with Gasteiger partial charge in [0, 0.05) is 35.9 Å². The van der Waals surface area contributed by atoms with E-state index < -0.39 is 9.52 Å². The monoisotopic (exact) mass is 688 g/mol. The molecule has 0 N–H and O–H groups in total. The van der Waals surface area contributed by atoms with Crippen LogP contribution >= 0.6 is 0 Å². The molecule has 11 rings (SSSR count). The van der Waals surface area contributed by atoms with Crippen molar-refractivity contribution in [2.24, 2.45) is 0 Å². The minimum absolute atomic E-state index is 0.674. The van der Waals surface area contributed by atoms with Crippen molar-refractivity contribution >= 4 is 63.0 Å². The normalized spacial score (nSPS) is 12.5. The highest BCUT2D eigenvalue weighted by molar-refractivity contribution is 6.73. The second kappa shape index (κ2) is 11.9. The first-order chi connectivity index (χ1) is 26.3. The van der Waals surface area contributed by atoms with E-state index in [1.807, 2.05) is 36.9 Å². The SMILES string of the molecule is c1cncc(-c2c3ccccc3c(-c3ccc4c(c3)[SiH2]c3ccc(-c5c6ccccc6c(-c6cccnc6)c6ccccc56)cc3-4)c3ccccc23)c1. The van der Waals surface area contributed by atoms with Crippen molar-refractivity contribution in [2.75, 3.05) is 0 Å². The zero-order valence-corrected chi connectivity index (χ0v) is 30.3. The van der Waals surface area contributed by atoms with Crippen LogP contribution in [-0.2, 0) is 0 Å². The standard InChI is InChI=1S/C50H32N2Si/c1-5-17-40-36(13-1)47(37-14-2-6-18-41(37)49(40)33-11-9-25-51-29-33)31-22-24-45-44(27-31)35-23-21-32(28-46(35)53-45)48-38-15-3-7-19-42(38)50(34-12-10-26-52-30-34)43-20-8-4-16-39(43)48/h1-30H,53H2. The van der Waals surface area contributed by atoms with E-state index in [-0.39, 0.29) is 0 Å². The summed E-state index contributed by atoms with van der Waals surface area (Å²) in [6.07, 6.45) is 7.67. The summed E-state index contributed by atoms with van der Waals surface area (Å²) in [5.41, 5.74) is 12.7. The van der Waals surface area contributed by atoms with E-state index in [4.69, 9.17) is 0 Å². The van der Waals surface area contributed by atoms with Gasteiger partial charge in [-0.2, -0.15) is 0 Å². The maximum Gasteiger partial charge on any atom is 0.0891 e. The Morgan fingerprint density at radius 1 is 0.302 bits per heavy atom. The average Bonchev–Trinajstić information content (AvgIpc) is 3.59. The average molecular weight is 689 g/mol. The number of hydrogen-bond donors (Lipinski definition) is 0. The summed E-state index contributed by atoms with van der Waals surface area (Å²) >= 11 is 0. The first-order valence-corrected chi connectivity index (χ1v) is 19.7. The summed E-state index contributed by atoms with van der Waals surface area (Å²) in [6, 6.07) is 58.4. The fraction of sp³-hybridized carbons (Fsp3) is 0. The molecule has 0 atom stereocenters. The fourth-order valence-electron chi connectivity index (χ4n) is 9.02. The Bertz CT molecular complexity index is 2960.